The summed E-state index contributed by atoms with van der Waals surface area (Å²) in [5, 5.41) is 0. The van der Waals surface area contributed by atoms with Crippen molar-refractivity contribution in [3.63, 3.8) is 0 Å². The molecule has 0 aromatic carbocycles. The van der Waals surface area contributed by atoms with Crippen LogP contribution in [0.3, 0.4) is 0 Å². The summed E-state index contributed by atoms with van der Waals surface area (Å²) in [5.41, 5.74) is 0. The Balaban J connectivity index is 3.42. The smallest absolute Gasteiger partial charge is 0.186 e. The largest absolute Gasteiger partial charge is 0.417 e. The Morgan fingerprint density at radius 3 is 2.42 bits per heavy atom. The Hall–Kier alpha value is 0.177. The van der Waals surface area contributed by atoms with Crippen molar-refractivity contribution in [3.8, 4) is 0 Å². The van der Waals surface area contributed by atoms with E-state index in [0.717, 1.165) is 19.4 Å². The van der Waals surface area contributed by atoms with Crippen molar-refractivity contribution in [2.75, 3.05) is 6.61 Å². The van der Waals surface area contributed by atoms with Crippen molar-refractivity contribution in [1.29, 1.82) is 0 Å². The van der Waals surface area contributed by atoms with Crippen LogP contribution in [0, 0.1) is 6.92 Å². The van der Waals surface area contributed by atoms with Gasteiger partial charge in [0.2, 0.25) is 0 Å². The lowest BCUT2D eigenvalue weighted by atomic mass is 10.4. The van der Waals surface area contributed by atoms with Gasteiger partial charge < -0.3 is 4.43 Å². The summed E-state index contributed by atoms with van der Waals surface area (Å²) < 4.78 is 5.87. The van der Waals surface area contributed by atoms with E-state index < -0.39 is 8.32 Å². The molecular weight excluding hydrogens is 164 g/mol. The second kappa shape index (κ2) is 6.67. The Morgan fingerprint density at radius 1 is 1.25 bits per heavy atom. The van der Waals surface area contributed by atoms with Crippen molar-refractivity contribution in [2.24, 2.45) is 0 Å². The van der Waals surface area contributed by atoms with Crippen LogP contribution >= 0.6 is 0 Å². The Bertz CT molecular complexity index is 102. The molecule has 0 spiro atoms. The first-order valence-electron chi connectivity index (χ1n) is 5.05. The summed E-state index contributed by atoms with van der Waals surface area (Å²) in [4.78, 5) is 0. The molecule has 0 aliphatic rings. The van der Waals surface area contributed by atoms with Gasteiger partial charge in [0.05, 0.1) is 0 Å². The van der Waals surface area contributed by atoms with Gasteiger partial charge >= 0.3 is 0 Å². The maximum atomic E-state index is 5.87. The third-order valence-electron chi connectivity index (χ3n) is 2.02. The van der Waals surface area contributed by atoms with E-state index in [1.165, 1.54) is 18.9 Å². The molecule has 12 heavy (non-hydrogen) atoms. The third-order valence-corrected chi connectivity index (χ3v) is 4.56. The predicted octanol–water partition coefficient (Wildman–Crippen LogP) is 3.62. The van der Waals surface area contributed by atoms with Crippen LogP contribution in [0.5, 0.6) is 0 Å². The second-order valence-electron chi connectivity index (χ2n) is 3.92. The minimum Gasteiger partial charge on any atom is -0.417 e. The van der Waals surface area contributed by atoms with Gasteiger partial charge in [0, 0.05) is 6.61 Å². The van der Waals surface area contributed by atoms with E-state index >= 15 is 0 Å². The lowest BCUT2D eigenvalue weighted by molar-refractivity contribution is 0.300. The van der Waals surface area contributed by atoms with Crippen LogP contribution in [0.2, 0.25) is 19.1 Å². The van der Waals surface area contributed by atoms with Crippen LogP contribution in [0.4, 0.5) is 0 Å². The van der Waals surface area contributed by atoms with Gasteiger partial charge in [-0.1, -0.05) is 33.1 Å². The molecule has 0 heterocycles. The van der Waals surface area contributed by atoms with Crippen molar-refractivity contribution in [2.45, 2.75) is 51.7 Å². The first-order chi connectivity index (χ1) is 5.62. The van der Waals surface area contributed by atoms with Crippen molar-refractivity contribution >= 4 is 8.32 Å². The molecule has 0 aliphatic heterocycles. The molecule has 0 amide bonds. The van der Waals surface area contributed by atoms with Crippen LogP contribution in [-0.4, -0.2) is 14.9 Å². The summed E-state index contributed by atoms with van der Waals surface area (Å²) >= 11 is 0. The molecule has 0 aromatic heterocycles. The van der Waals surface area contributed by atoms with E-state index in [4.69, 9.17) is 4.43 Å². The average Bonchev–Trinajstić information content (AvgIpc) is 2.01. The molecule has 0 unspecified atom stereocenters. The highest BCUT2D eigenvalue weighted by Gasteiger charge is 2.20. The Labute approximate surface area is 78.6 Å². The number of unbranched alkanes of at least 4 members (excludes halogenated alkanes) is 2. The maximum Gasteiger partial charge on any atom is 0.186 e. The summed E-state index contributed by atoms with van der Waals surface area (Å²) in [6.07, 6.45) is 4.72. The van der Waals surface area contributed by atoms with Crippen molar-refractivity contribution in [1.82, 2.24) is 0 Å². The summed E-state index contributed by atoms with van der Waals surface area (Å²) in [7, 11) is -1.29. The zero-order chi connectivity index (χ0) is 9.45. The van der Waals surface area contributed by atoms with Crippen LogP contribution in [-0.2, 0) is 4.43 Å². The zero-order valence-electron chi connectivity index (χ0n) is 8.86. The van der Waals surface area contributed by atoms with Crippen LogP contribution in [0.1, 0.15) is 32.6 Å². The van der Waals surface area contributed by atoms with E-state index in [-0.39, 0.29) is 0 Å². The summed E-state index contributed by atoms with van der Waals surface area (Å²) in [6.45, 7) is 11.6. The molecule has 2 heteroatoms. The van der Waals surface area contributed by atoms with Gasteiger partial charge in [0.15, 0.2) is 8.32 Å². The Kier molecular flexibility index (Phi) is 6.77. The van der Waals surface area contributed by atoms with Gasteiger partial charge in [-0.2, -0.15) is 0 Å². The average molecular weight is 187 g/mol. The van der Waals surface area contributed by atoms with Gasteiger partial charge in [-0.05, 0) is 25.6 Å². The number of hydrogen-bond donors (Lipinski definition) is 0. The summed E-state index contributed by atoms with van der Waals surface area (Å²) in [5.74, 6) is 0. The fourth-order valence-electron chi connectivity index (χ4n) is 1.13. The standard InChI is InChI=1S/C10H23OSi/c1-5-7-9-11-12(3,4)10-8-6-2/h1,5-10H2,2-4H3. The molecule has 0 saturated carbocycles. The van der Waals surface area contributed by atoms with Gasteiger partial charge in [-0.15, -0.1) is 0 Å². The molecule has 0 bridgehead atoms. The van der Waals surface area contributed by atoms with Gasteiger partial charge in [-0.3, -0.25) is 0 Å². The number of hydrogen-bond acceptors (Lipinski definition) is 1. The maximum absolute atomic E-state index is 5.87. The molecule has 1 nitrogen and oxygen atoms in total. The lowest BCUT2D eigenvalue weighted by Crippen LogP contribution is -2.30. The molecule has 73 valence electrons. The van der Waals surface area contributed by atoms with E-state index in [1.807, 2.05) is 0 Å². The lowest BCUT2D eigenvalue weighted by Gasteiger charge is -2.22. The molecule has 0 saturated heterocycles. The highest BCUT2D eigenvalue weighted by molar-refractivity contribution is 6.71. The fourth-order valence-corrected chi connectivity index (χ4v) is 3.17. The van der Waals surface area contributed by atoms with Crippen LogP contribution < -0.4 is 0 Å². The highest BCUT2D eigenvalue weighted by Crippen LogP contribution is 2.15. The SMILES string of the molecule is [CH2]CCCO[Si](C)(C)CCCC. The van der Waals surface area contributed by atoms with Crippen molar-refractivity contribution in [3.05, 3.63) is 6.92 Å². The normalized spacial score (nSPS) is 12.0. The molecule has 0 atom stereocenters. The van der Waals surface area contributed by atoms with E-state index in [9.17, 15) is 0 Å². The molecule has 0 fully saturated rings. The van der Waals surface area contributed by atoms with Crippen LogP contribution in [0.25, 0.3) is 0 Å². The zero-order valence-corrected chi connectivity index (χ0v) is 9.86. The summed E-state index contributed by atoms with van der Waals surface area (Å²) in [6, 6.07) is 1.31. The molecule has 1 radical (unpaired) electrons. The molecular formula is C10H23OSi. The quantitative estimate of drug-likeness (QED) is 0.437. The highest BCUT2D eigenvalue weighted by atomic mass is 28.4. The molecule has 0 N–H and O–H groups in total. The van der Waals surface area contributed by atoms with E-state index in [0.29, 0.717) is 0 Å². The van der Waals surface area contributed by atoms with Gasteiger partial charge in [-0.25, -0.2) is 0 Å². The van der Waals surface area contributed by atoms with Crippen LogP contribution in [0.15, 0.2) is 0 Å². The molecule has 0 rings (SSSR count). The predicted molar refractivity (Wildman–Crippen MR) is 57.7 cm³/mol. The van der Waals surface area contributed by atoms with Gasteiger partial charge in [0.25, 0.3) is 0 Å². The third kappa shape index (κ3) is 6.86. The van der Waals surface area contributed by atoms with Gasteiger partial charge in [0.1, 0.15) is 0 Å². The molecule has 0 aromatic rings. The first-order valence-corrected chi connectivity index (χ1v) is 8.17. The topological polar surface area (TPSA) is 9.23 Å². The van der Waals surface area contributed by atoms with E-state index in [2.05, 4.69) is 26.9 Å². The first kappa shape index (κ1) is 12.2. The molecule has 0 aliphatic carbocycles. The minimum atomic E-state index is -1.29. The Morgan fingerprint density at radius 2 is 1.92 bits per heavy atom. The minimum absolute atomic E-state index is 0.923. The fraction of sp³-hybridized carbons (Fsp3) is 0.900. The van der Waals surface area contributed by atoms with Crippen molar-refractivity contribution < 1.29 is 4.43 Å². The monoisotopic (exact) mass is 187 g/mol. The second-order valence-corrected chi connectivity index (χ2v) is 8.23. The van der Waals surface area contributed by atoms with E-state index in [1.54, 1.807) is 0 Å². The number of rotatable bonds is 7.